The number of ether oxygens (including phenoxy) is 1. The summed E-state index contributed by atoms with van der Waals surface area (Å²) in [5.41, 5.74) is 0.232. The van der Waals surface area contributed by atoms with Gasteiger partial charge in [0.05, 0.1) is 12.2 Å². The third kappa shape index (κ3) is 4.68. The quantitative estimate of drug-likeness (QED) is 0.782. The predicted molar refractivity (Wildman–Crippen MR) is 74.0 cm³/mol. The Morgan fingerprint density at radius 3 is 2.55 bits per heavy atom. The van der Waals surface area contributed by atoms with Gasteiger partial charge >= 0.3 is 6.18 Å². The average molecular weight is 290 g/mol. The van der Waals surface area contributed by atoms with Crippen LogP contribution in [0.1, 0.15) is 18.1 Å². The van der Waals surface area contributed by atoms with Crippen molar-refractivity contribution in [1.29, 1.82) is 0 Å². The molecule has 0 aliphatic rings. The lowest BCUT2D eigenvalue weighted by atomic mass is 10.1. The van der Waals surface area contributed by atoms with Gasteiger partial charge in [0.1, 0.15) is 0 Å². The Bertz CT molecular complexity index is 421. The monoisotopic (exact) mass is 290 g/mol. The summed E-state index contributed by atoms with van der Waals surface area (Å²) < 4.78 is 44.2. The third-order valence-corrected chi connectivity index (χ3v) is 3.06. The molecule has 0 saturated heterocycles. The van der Waals surface area contributed by atoms with Crippen molar-refractivity contribution in [2.24, 2.45) is 0 Å². The Balaban J connectivity index is 2.91. The molecule has 0 amide bonds. The maximum absolute atomic E-state index is 13.1. The topological polar surface area (TPSA) is 24.5 Å². The zero-order valence-corrected chi connectivity index (χ0v) is 12.0. The van der Waals surface area contributed by atoms with Crippen molar-refractivity contribution in [2.75, 3.05) is 38.8 Å². The summed E-state index contributed by atoms with van der Waals surface area (Å²) in [6.45, 7) is 3.87. The molecule has 0 heterocycles. The van der Waals surface area contributed by atoms with Crippen molar-refractivity contribution < 1.29 is 17.9 Å². The molecule has 1 N–H and O–H groups in total. The van der Waals surface area contributed by atoms with E-state index in [9.17, 15) is 13.2 Å². The number of anilines is 1. The Labute approximate surface area is 117 Å². The van der Waals surface area contributed by atoms with Crippen molar-refractivity contribution >= 4 is 5.69 Å². The van der Waals surface area contributed by atoms with Crippen LogP contribution in [0.3, 0.4) is 0 Å². The molecule has 1 rings (SSSR count). The van der Waals surface area contributed by atoms with Gasteiger partial charge in [0.2, 0.25) is 0 Å². The smallest absolute Gasteiger partial charge is 0.383 e. The van der Waals surface area contributed by atoms with E-state index in [1.807, 2.05) is 6.92 Å². The summed E-state index contributed by atoms with van der Waals surface area (Å²) in [4.78, 5) is 1.59. The molecular weight excluding hydrogens is 269 g/mol. The lowest BCUT2D eigenvalue weighted by Gasteiger charge is -2.22. The van der Waals surface area contributed by atoms with Crippen molar-refractivity contribution in [2.45, 2.75) is 19.6 Å². The molecule has 3 nitrogen and oxygen atoms in total. The van der Waals surface area contributed by atoms with E-state index in [4.69, 9.17) is 4.74 Å². The summed E-state index contributed by atoms with van der Waals surface area (Å²) in [6.07, 6.45) is -4.35. The van der Waals surface area contributed by atoms with E-state index in [0.717, 1.165) is 0 Å². The van der Waals surface area contributed by atoms with Gasteiger partial charge < -0.3 is 15.0 Å². The van der Waals surface area contributed by atoms with E-state index in [-0.39, 0.29) is 5.69 Å². The molecule has 0 aliphatic carbocycles. The summed E-state index contributed by atoms with van der Waals surface area (Å²) in [5.74, 6) is 0. The van der Waals surface area contributed by atoms with Crippen molar-refractivity contribution in [3.05, 3.63) is 29.3 Å². The minimum atomic E-state index is -4.35. The highest BCUT2D eigenvalue weighted by Gasteiger charge is 2.34. The van der Waals surface area contributed by atoms with Crippen LogP contribution in [0.15, 0.2) is 18.2 Å². The average Bonchev–Trinajstić information content (AvgIpc) is 2.41. The largest absolute Gasteiger partial charge is 0.418 e. The molecule has 0 radical (unpaired) electrons. The first-order valence-corrected chi connectivity index (χ1v) is 6.51. The second kappa shape index (κ2) is 7.50. The second-order valence-electron chi connectivity index (χ2n) is 4.53. The SMILES string of the molecule is CCN(C)c1ccc(CNCCOC)cc1C(F)(F)F. The van der Waals surface area contributed by atoms with Crippen LogP contribution in [-0.2, 0) is 17.5 Å². The molecule has 0 aliphatic heterocycles. The normalized spacial score (nSPS) is 11.7. The number of methoxy groups -OCH3 is 1. The highest BCUT2D eigenvalue weighted by molar-refractivity contribution is 5.55. The Morgan fingerprint density at radius 2 is 2.00 bits per heavy atom. The van der Waals surface area contributed by atoms with Gasteiger partial charge in [0.15, 0.2) is 0 Å². The molecule has 0 saturated carbocycles. The summed E-state index contributed by atoms with van der Waals surface area (Å²) in [6, 6.07) is 4.46. The van der Waals surface area contributed by atoms with Gasteiger partial charge in [-0.15, -0.1) is 0 Å². The standard InChI is InChI=1S/C14H21F3N2O/c1-4-19(2)13-6-5-11(10-18-7-8-20-3)9-12(13)14(15,16)17/h5-6,9,18H,4,7-8,10H2,1-3H3. The number of halogens is 3. The molecule has 20 heavy (non-hydrogen) atoms. The molecule has 0 spiro atoms. The molecule has 0 bridgehead atoms. The number of benzene rings is 1. The van der Waals surface area contributed by atoms with E-state index in [0.29, 0.717) is 31.8 Å². The van der Waals surface area contributed by atoms with E-state index >= 15 is 0 Å². The van der Waals surface area contributed by atoms with E-state index < -0.39 is 11.7 Å². The highest BCUT2D eigenvalue weighted by Crippen LogP contribution is 2.36. The van der Waals surface area contributed by atoms with E-state index in [1.54, 1.807) is 25.1 Å². The maximum atomic E-state index is 13.1. The molecule has 6 heteroatoms. The van der Waals surface area contributed by atoms with E-state index in [1.165, 1.54) is 12.1 Å². The van der Waals surface area contributed by atoms with Crippen molar-refractivity contribution in [1.82, 2.24) is 5.32 Å². The molecule has 114 valence electrons. The van der Waals surface area contributed by atoms with Crippen molar-refractivity contribution in [3.63, 3.8) is 0 Å². The predicted octanol–water partition coefficient (Wildman–Crippen LogP) is 2.90. The number of rotatable bonds is 7. The summed E-state index contributed by atoms with van der Waals surface area (Å²) in [7, 11) is 3.24. The fraction of sp³-hybridized carbons (Fsp3) is 0.571. The van der Waals surface area contributed by atoms with Gasteiger partial charge in [-0.25, -0.2) is 0 Å². The number of hydrogen-bond donors (Lipinski definition) is 1. The van der Waals surface area contributed by atoms with Gasteiger partial charge in [0, 0.05) is 39.5 Å². The number of nitrogens with zero attached hydrogens (tertiary/aromatic N) is 1. The Morgan fingerprint density at radius 1 is 1.30 bits per heavy atom. The molecule has 0 unspecified atom stereocenters. The van der Waals surface area contributed by atoms with Gasteiger partial charge in [-0.3, -0.25) is 0 Å². The zero-order valence-electron chi connectivity index (χ0n) is 12.0. The van der Waals surface area contributed by atoms with Gasteiger partial charge in [-0.2, -0.15) is 13.2 Å². The minimum absolute atomic E-state index is 0.209. The first-order chi connectivity index (χ1) is 9.40. The van der Waals surface area contributed by atoms with Crippen LogP contribution in [0, 0.1) is 0 Å². The lowest BCUT2D eigenvalue weighted by Crippen LogP contribution is -2.22. The van der Waals surface area contributed by atoms with Crippen LogP contribution in [0.25, 0.3) is 0 Å². The minimum Gasteiger partial charge on any atom is -0.383 e. The van der Waals surface area contributed by atoms with Crippen LogP contribution < -0.4 is 10.2 Å². The summed E-state index contributed by atoms with van der Waals surface area (Å²) >= 11 is 0. The molecule has 0 aromatic heterocycles. The van der Waals surface area contributed by atoms with Crippen LogP contribution in [0.2, 0.25) is 0 Å². The van der Waals surface area contributed by atoms with E-state index in [2.05, 4.69) is 5.32 Å². The Hall–Kier alpha value is -1.27. The van der Waals surface area contributed by atoms with Crippen LogP contribution in [-0.4, -0.2) is 33.9 Å². The molecular formula is C14H21F3N2O. The number of nitrogens with one attached hydrogen (secondary N) is 1. The second-order valence-corrected chi connectivity index (χ2v) is 4.53. The first-order valence-electron chi connectivity index (χ1n) is 6.51. The highest BCUT2D eigenvalue weighted by atomic mass is 19.4. The number of hydrogen-bond acceptors (Lipinski definition) is 3. The first kappa shape index (κ1) is 16.8. The third-order valence-electron chi connectivity index (χ3n) is 3.06. The lowest BCUT2D eigenvalue weighted by molar-refractivity contribution is -0.137. The Kier molecular flexibility index (Phi) is 6.29. The fourth-order valence-corrected chi connectivity index (χ4v) is 1.83. The zero-order chi connectivity index (χ0) is 15.2. The van der Waals surface area contributed by atoms with Crippen LogP contribution >= 0.6 is 0 Å². The summed E-state index contributed by atoms with van der Waals surface area (Å²) in [5, 5.41) is 3.04. The molecule has 1 aromatic rings. The van der Waals surface area contributed by atoms with Gasteiger partial charge in [-0.1, -0.05) is 6.07 Å². The van der Waals surface area contributed by atoms with Gasteiger partial charge in [-0.05, 0) is 24.6 Å². The fourth-order valence-electron chi connectivity index (χ4n) is 1.83. The van der Waals surface area contributed by atoms with Crippen LogP contribution in [0.5, 0.6) is 0 Å². The van der Waals surface area contributed by atoms with Gasteiger partial charge in [0.25, 0.3) is 0 Å². The number of alkyl halides is 3. The molecule has 0 fully saturated rings. The van der Waals surface area contributed by atoms with Crippen molar-refractivity contribution in [3.8, 4) is 0 Å². The molecule has 1 aromatic carbocycles. The maximum Gasteiger partial charge on any atom is 0.418 e. The van der Waals surface area contributed by atoms with Crippen LogP contribution in [0.4, 0.5) is 18.9 Å². The molecule has 0 atom stereocenters.